The molecule has 2 heterocycles. The lowest BCUT2D eigenvalue weighted by atomic mass is 9.79. The van der Waals surface area contributed by atoms with Gasteiger partial charge in [-0.25, -0.2) is 4.79 Å². The molecular weight excluding hydrogens is 418 g/mol. The molecule has 0 aliphatic carbocycles. The van der Waals surface area contributed by atoms with Crippen LogP contribution in [-0.2, 0) is 21.6 Å². The lowest BCUT2D eigenvalue weighted by Gasteiger charge is -2.30. The average Bonchev–Trinajstić information content (AvgIpc) is 2.80. The number of imide groups is 2. The summed E-state index contributed by atoms with van der Waals surface area (Å²) in [7, 11) is 0. The molecule has 2 N–H and O–H groups in total. The third-order valence-electron chi connectivity index (χ3n) is 6.08. The molecule has 33 heavy (non-hydrogen) atoms. The molecule has 5 rings (SSSR count). The highest BCUT2D eigenvalue weighted by atomic mass is 16.5. The van der Waals surface area contributed by atoms with Gasteiger partial charge in [-0.15, -0.1) is 0 Å². The van der Waals surface area contributed by atoms with Gasteiger partial charge in [-0.2, -0.15) is 0 Å². The zero-order valence-corrected chi connectivity index (χ0v) is 18.1. The van der Waals surface area contributed by atoms with E-state index in [1.165, 1.54) is 6.92 Å². The van der Waals surface area contributed by atoms with E-state index in [1.807, 2.05) is 61.5 Å². The van der Waals surface area contributed by atoms with E-state index in [-0.39, 0.29) is 0 Å². The number of para-hydroxylation sites is 1. The van der Waals surface area contributed by atoms with Gasteiger partial charge in [0, 0.05) is 16.6 Å². The molecule has 7 nitrogen and oxygen atoms in total. The number of hydrogen-bond donors (Lipinski definition) is 2. The van der Waals surface area contributed by atoms with Crippen molar-refractivity contribution in [3.05, 3.63) is 83.6 Å². The number of hydrogen-bond acceptors (Lipinski definition) is 5. The largest absolute Gasteiger partial charge is 0.489 e. The molecule has 1 fully saturated rings. The van der Waals surface area contributed by atoms with Crippen molar-refractivity contribution < 1.29 is 19.1 Å². The van der Waals surface area contributed by atoms with Crippen LogP contribution in [0.3, 0.4) is 0 Å². The van der Waals surface area contributed by atoms with Crippen LogP contribution in [0.2, 0.25) is 0 Å². The monoisotopic (exact) mass is 439 g/mol. The van der Waals surface area contributed by atoms with Gasteiger partial charge in [0.1, 0.15) is 12.4 Å². The summed E-state index contributed by atoms with van der Waals surface area (Å²) in [5, 5.41) is 7.16. The van der Waals surface area contributed by atoms with Gasteiger partial charge in [0.05, 0.1) is 5.52 Å². The Morgan fingerprint density at radius 3 is 2.36 bits per heavy atom. The lowest BCUT2D eigenvalue weighted by molar-refractivity contribution is -0.137. The summed E-state index contributed by atoms with van der Waals surface area (Å²) in [6, 6.07) is 20.2. The number of amides is 4. The number of rotatable bonds is 4. The van der Waals surface area contributed by atoms with Gasteiger partial charge >= 0.3 is 6.03 Å². The predicted octanol–water partition coefficient (Wildman–Crippen LogP) is 3.90. The average molecular weight is 439 g/mol. The van der Waals surface area contributed by atoms with Gasteiger partial charge in [-0.05, 0) is 60.5 Å². The standard InChI is InChI=1S/C26H21N3O4/c1-15-11-18(21-5-3-4-6-22(21)27-15)14-33-20-10-8-16-12-19(9-7-17(16)13-20)26(2)23(30)28-25(32)29-24(26)31/h3-13H,14H2,1-2H3,(H2,28,29,30,31,32). The summed E-state index contributed by atoms with van der Waals surface area (Å²) < 4.78 is 6.08. The SMILES string of the molecule is Cc1cc(COc2ccc3cc(C4(C)C(=O)NC(=O)NC4=O)ccc3c2)c2ccccc2n1. The highest BCUT2D eigenvalue weighted by molar-refractivity contribution is 6.22. The summed E-state index contributed by atoms with van der Waals surface area (Å²) in [6.45, 7) is 3.87. The quantitative estimate of drug-likeness (QED) is 0.470. The van der Waals surface area contributed by atoms with Crippen LogP contribution in [0.15, 0.2) is 66.7 Å². The zero-order valence-electron chi connectivity index (χ0n) is 18.1. The van der Waals surface area contributed by atoms with E-state index in [2.05, 4.69) is 15.6 Å². The number of carbonyl (C=O) groups excluding carboxylic acids is 3. The van der Waals surface area contributed by atoms with E-state index < -0.39 is 23.3 Å². The molecule has 0 radical (unpaired) electrons. The predicted molar refractivity (Wildman–Crippen MR) is 124 cm³/mol. The molecule has 4 amide bonds. The van der Waals surface area contributed by atoms with E-state index in [4.69, 9.17) is 4.74 Å². The summed E-state index contributed by atoms with van der Waals surface area (Å²) in [4.78, 5) is 40.9. The van der Waals surface area contributed by atoms with Crippen LogP contribution in [0.1, 0.15) is 23.7 Å². The van der Waals surface area contributed by atoms with Crippen LogP contribution < -0.4 is 15.4 Å². The normalized spacial score (nSPS) is 15.4. The van der Waals surface area contributed by atoms with Crippen molar-refractivity contribution in [2.45, 2.75) is 25.9 Å². The molecule has 3 aromatic carbocycles. The van der Waals surface area contributed by atoms with Crippen molar-refractivity contribution in [1.29, 1.82) is 0 Å². The molecule has 0 unspecified atom stereocenters. The van der Waals surface area contributed by atoms with Gasteiger partial charge in [0.25, 0.3) is 0 Å². The van der Waals surface area contributed by atoms with Gasteiger partial charge < -0.3 is 4.74 Å². The van der Waals surface area contributed by atoms with Crippen molar-refractivity contribution in [2.24, 2.45) is 0 Å². The number of fused-ring (bicyclic) bond motifs is 2. The number of ether oxygens (including phenoxy) is 1. The van der Waals surface area contributed by atoms with E-state index in [9.17, 15) is 14.4 Å². The first-order valence-corrected chi connectivity index (χ1v) is 10.5. The smallest absolute Gasteiger partial charge is 0.328 e. The van der Waals surface area contributed by atoms with Gasteiger partial charge in [0.2, 0.25) is 11.8 Å². The molecule has 7 heteroatoms. The summed E-state index contributed by atoms with van der Waals surface area (Å²) in [6.07, 6.45) is 0. The second-order valence-electron chi connectivity index (χ2n) is 8.31. The van der Waals surface area contributed by atoms with E-state index >= 15 is 0 Å². The summed E-state index contributed by atoms with van der Waals surface area (Å²) in [5.41, 5.74) is 1.95. The van der Waals surface area contributed by atoms with Crippen LogP contribution in [-0.4, -0.2) is 22.8 Å². The molecule has 4 aromatic rings. The van der Waals surface area contributed by atoms with E-state index in [0.29, 0.717) is 17.9 Å². The lowest BCUT2D eigenvalue weighted by Crippen LogP contribution is -2.63. The minimum Gasteiger partial charge on any atom is -0.489 e. The number of nitrogens with zero attached hydrogens (tertiary/aromatic N) is 1. The molecular formula is C26H21N3O4. The summed E-state index contributed by atoms with van der Waals surface area (Å²) >= 11 is 0. The maximum absolute atomic E-state index is 12.4. The molecule has 0 bridgehead atoms. The third kappa shape index (κ3) is 3.57. The van der Waals surface area contributed by atoms with Crippen LogP contribution in [0, 0.1) is 6.92 Å². The minimum absolute atomic E-state index is 0.403. The van der Waals surface area contributed by atoms with Crippen molar-refractivity contribution in [1.82, 2.24) is 15.6 Å². The minimum atomic E-state index is -1.49. The molecule has 1 aromatic heterocycles. The van der Waals surface area contributed by atoms with Crippen molar-refractivity contribution in [3.63, 3.8) is 0 Å². The molecule has 0 saturated carbocycles. The van der Waals surface area contributed by atoms with Crippen molar-refractivity contribution >= 4 is 39.5 Å². The van der Waals surface area contributed by atoms with Crippen molar-refractivity contribution in [2.75, 3.05) is 0 Å². The maximum atomic E-state index is 12.4. The Morgan fingerprint density at radius 2 is 1.58 bits per heavy atom. The zero-order chi connectivity index (χ0) is 23.2. The molecule has 164 valence electrons. The maximum Gasteiger partial charge on any atom is 0.328 e. The number of aryl methyl sites for hydroxylation is 1. The number of benzene rings is 3. The molecule has 1 aliphatic rings. The van der Waals surface area contributed by atoms with Gasteiger partial charge in [-0.1, -0.05) is 36.4 Å². The Hall–Kier alpha value is -4.26. The van der Waals surface area contributed by atoms with Crippen molar-refractivity contribution in [3.8, 4) is 5.75 Å². The first kappa shape index (κ1) is 20.6. The first-order valence-electron chi connectivity index (χ1n) is 10.5. The highest BCUT2D eigenvalue weighted by Crippen LogP contribution is 2.31. The number of urea groups is 1. The second-order valence-corrected chi connectivity index (χ2v) is 8.31. The number of aromatic nitrogens is 1. The Labute approximate surface area is 189 Å². The number of carbonyl (C=O) groups is 3. The fourth-order valence-corrected chi connectivity index (χ4v) is 4.15. The van der Waals surface area contributed by atoms with Crippen LogP contribution in [0.5, 0.6) is 5.75 Å². The van der Waals surface area contributed by atoms with Crippen LogP contribution >= 0.6 is 0 Å². The van der Waals surface area contributed by atoms with Crippen LogP contribution in [0.25, 0.3) is 21.7 Å². The van der Waals surface area contributed by atoms with E-state index in [0.717, 1.165) is 32.9 Å². The molecule has 0 spiro atoms. The number of pyridine rings is 1. The molecule has 1 saturated heterocycles. The van der Waals surface area contributed by atoms with Gasteiger partial charge in [-0.3, -0.25) is 25.2 Å². The second kappa shape index (κ2) is 7.70. The topological polar surface area (TPSA) is 97.4 Å². The Kier molecular flexibility index (Phi) is 4.82. The number of barbiturate groups is 1. The Bertz CT molecular complexity index is 1440. The molecule has 1 aliphatic heterocycles. The summed E-state index contributed by atoms with van der Waals surface area (Å²) in [5.74, 6) is -0.579. The fraction of sp³-hybridized carbons (Fsp3) is 0.154. The number of nitrogens with one attached hydrogen (secondary N) is 2. The Morgan fingerprint density at radius 1 is 0.879 bits per heavy atom. The van der Waals surface area contributed by atoms with E-state index in [1.54, 1.807) is 12.1 Å². The first-order chi connectivity index (χ1) is 15.8. The Balaban J connectivity index is 1.42. The van der Waals surface area contributed by atoms with Crippen LogP contribution in [0.4, 0.5) is 4.79 Å². The van der Waals surface area contributed by atoms with Gasteiger partial charge in [0.15, 0.2) is 5.41 Å². The third-order valence-corrected chi connectivity index (χ3v) is 6.08. The highest BCUT2D eigenvalue weighted by Gasteiger charge is 2.47. The molecule has 0 atom stereocenters. The fourth-order valence-electron chi connectivity index (χ4n) is 4.15.